The van der Waals surface area contributed by atoms with Crippen LogP contribution in [0.2, 0.25) is 0 Å². The van der Waals surface area contributed by atoms with Crippen molar-refractivity contribution in [1.29, 1.82) is 0 Å². The number of carbonyl (C=O) groups is 2. The van der Waals surface area contributed by atoms with Crippen LogP contribution < -0.4 is 5.32 Å². The Morgan fingerprint density at radius 3 is 2.83 bits per heavy atom. The highest BCUT2D eigenvalue weighted by atomic mass is 32.2. The molecule has 2 amide bonds. The average molecular weight is 344 g/mol. The topological polar surface area (TPSA) is 49.4 Å². The minimum absolute atomic E-state index is 0.0847. The molecular formula is C19H24N2O2S. The summed E-state index contributed by atoms with van der Waals surface area (Å²) in [7, 11) is 0. The van der Waals surface area contributed by atoms with Crippen molar-refractivity contribution in [3.05, 3.63) is 41.5 Å². The standard InChI is InChI=1S/C19H24N2O2S/c1-13-7-8-16(9-14(13)2)20-19(23)17-11-24-12-21(17)18(22)10-15-5-3-4-6-15/h3,5,7-9,15,17H,4,6,10-12H2,1-2H3,(H,20,23). The lowest BCUT2D eigenvalue weighted by atomic mass is 10.0. The molecular weight excluding hydrogens is 320 g/mol. The molecule has 3 rings (SSSR count). The van der Waals surface area contributed by atoms with Crippen molar-refractivity contribution in [2.75, 3.05) is 16.9 Å². The maximum absolute atomic E-state index is 12.6. The van der Waals surface area contributed by atoms with Gasteiger partial charge in [0.05, 0.1) is 5.88 Å². The van der Waals surface area contributed by atoms with Crippen LogP contribution in [0.1, 0.15) is 30.4 Å². The molecule has 0 radical (unpaired) electrons. The zero-order chi connectivity index (χ0) is 17.1. The summed E-state index contributed by atoms with van der Waals surface area (Å²) in [5.74, 6) is 1.63. The van der Waals surface area contributed by atoms with Crippen molar-refractivity contribution in [3.63, 3.8) is 0 Å². The highest BCUT2D eigenvalue weighted by molar-refractivity contribution is 7.99. The number of amides is 2. The summed E-state index contributed by atoms with van der Waals surface area (Å²) in [6, 6.07) is 5.53. The molecule has 128 valence electrons. The molecule has 4 nitrogen and oxygen atoms in total. The Kier molecular flexibility index (Phi) is 5.29. The van der Waals surface area contributed by atoms with Crippen molar-refractivity contribution < 1.29 is 9.59 Å². The zero-order valence-corrected chi connectivity index (χ0v) is 15.1. The smallest absolute Gasteiger partial charge is 0.248 e. The first-order valence-electron chi connectivity index (χ1n) is 8.46. The van der Waals surface area contributed by atoms with Crippen LogP contribution in [0.5, 0.6) is 0 Å². The number of hydrogen-bond acceptors (Lipinski definition) is 3. The quantitative estimate of drug-likeness (QED) is 0.851. The second-order valence-corrected chi connectivity index (χ2v) is 7.64. The number of thioether (sulfide) groups is 1. The van der Waals surface area contributed by atoms with Crippen LogP contribution in [0.15, 0.2) is 30.4 Å². The number of benzene rings is 1. The first-order valence-corrected chi connectivity index (χ1v) is 9.62. The summed E-state index contributed by atoms with van der Waals surface area (Å²) >= 11 is 1.65. The number of aryl methyl sites for hydroxylation is 2. The zero-order valence-electron chi connectivity index (χ0n) is 14.2. The molecule has 5 heteroatoms. The van der Waals surface area contributed by atoms with Gasteiger partial charge in [-0.25, -0.2) is 0 Å². The second kappa shape index (κ2) is 7.43. The van der Waals surface area contributed by atoms with E-state index in [-0.39, 0.29) is 17.9 Å². The second-order valence-electron chi connectivity index (χ2n) is 6.64. The Labute approximate surface area is 147 Å². The third-order valence-electron chi connectivity index (χ3n) is 4.83. The summed E-state index contributed by atoms with van der Waals surface area (Å²) in [6.45, 7) is 4.08. The van der Waals surface area contributed by atoms with Crippen LogP contribution >= 0.6 is 11.8 Å². The van der Waals surface area contributed by atoms with E-state index in [0.717, 1.165) is 24.1 Å². The van der Waals surface area contributed by atoms with E-state index in [1.165, 1.54) is 5.56 Å². The molecule has 0 saturated carbocycles. The van der Waals surface area contributed by atoms with Crippen molar-refractivity contribution in [3.8, 4) is 0 Å². The Balaban J connectivity index is 1.63. The molecule has 2 unspecified atom stereocenters. The van der Waals surface area contributed by atoms with Gasteiger partial charge in [0, 0.05) is 17.9 Å². The maximum Gasteiger partial charge on any atom is 0.248 e. The van der Waals surface area contributed by atoms with Gasteiger partial charge in [0.2, 0.25) is 11.8 Å². The van der Waals surface area contributed by atoms with Gasteiger partial charge < -0.3 is 10.2 Å². The summed E-state index contributed by atoms with van der Waals surface area (Å²) in [4.78, 5) is 26.9. The van der Waals surface area contributed by atoms with Crippen molar-refractivity contribution in [1.82, 2.24) is 4.90 Å². The van der Waals surface area contributed by atoms with Crippen LogP contribution in [0.3, 0.4) is 0 Å². The maximum atomic E-state index is 12.6. The fraction of sp³-hybridized carbons (Fsp3) is 0.474. The van der Waals surface area contributed by atoms with Gasteiger partial charge in [0.15, 0.2) is 0 Å². The lowest BCUT2D eigenvalue weighted by molar-refractivity contribution is -0.136. The number of nitrogens with zero attached hydrogens (tertiary/aromatic N) is 1. The molecule has 1 aromatic carbocycles. The number of carbonyl (C=O) groups excluding carboxylic acids is 2. The number of rotatable bonds is 4. The highest BCUT2D eigenvalue weighted by Gasteiger charge is 2.35. The molecule has 1 saturated heterocycles. The number of anilines is 1. The van der Waals surface area contributed by atoms with Gasteiger partial charge in [0.1, 0.15) is 6.04 Å². The van der Waals surface area contributed by atoms with Crippen LogP contribution in [-0.2, 0) is 9.59 Å². The molecule has 1 N–H and O–H groups in total. The molecule has 0 aromatic heterocycles. The van der Waals surface area contributed by atoms with Crippen LogP contribution in [0.25, 0.3) is 0 Å². The van der Waals surface area contributed by atoms with Crippen LogP contribution in [0.4, 0.5) is 5.69 Å². The van der Waals surface area contributed by atoms with Gasteiger partial charge in [-0.1, -0.05) is 18.2 Å². The molecule has 1 aromatic rings. The monoisotopic (exact) mass is 344 g/mol. The predicted molar refractivity (Wildman–Crippen MR) is 99.0 cm³/mol. The van der Waals surface area contributed by atoms with Gasteiger partial charge in [-0.3, -0.25) is 9.59 Å². The minimum atomic E-state index is -0.366. The van der Waals surface area contributed by atoms with E-state index in [0.29, 0.717) is 24.0 Å². The molecule has 1 aliphatic carbocycles. The molecule has 2 atom stereocenters. The third-order valence-corrected chi connectivity index (χ3v) is 5.84. The van der Waals surface area contributed by atoms with Gasteiger partial charge >= 0.3 is 0 Å². The third kappa shape index (κ3) is 3.83. The fourth-order valence-corrected chi connectivity index (χ4v) is 4.34. The SMILES string of the molecule is Cc1ccc(NC(=O)C2CSCN2C(=O)CC2C=CCC2)cc1C. The Morgan fingerprint density at radius 2 is 2.12 bits per heavy atom. The van der Waals surface area contributed by atoms with Gasteiger partial charge in [-0.05, 0) is 55.9 Å². The largest absolute Gasteiger partial charge is 0.324 e. The van der Waals surface area contributed by atoms with Crippen molar-refractivity contribution in [2.45, 2.75) is 39.2 Å². The molecule has 24 heavy (non-hydrogen) atoms. The van der Waals surface area contributed by atoms with Crippen LogP contribution in [0, 0.1) is 19.8 Å². The average Bonchev–Trinajstić information content (AvgIpc) is 3.22. The first kappa shape index (κ1) is 17.1. The van der Waals surface area contributed by atoms with Crippen LogP contribution in [-0.4, -0.2) is 34.4 Å². The highest BCUT2D eigenvalue weighted by Crippen LogP contribution is 2.27. The Bertz CT molecular complexity index is 671. The number of nitrogens with one attached hydrogen (secondary N) is 1. The molecule has 1 fully saturated rings. The first-order chi connectivity index (χ1) is 11.5. The molecule has 1 aliphatic heterocycles. The lowest BCUT2D eigenvalue weighted by Gasteiger charge is -2.24. The van der Waals surface area contributed by atoms with Crippen molar-refractivity contribution in [2.24, 2.45) is 5.92 Å². The Morgan fingerprint density at radius 1 is 1.29 bits per heavy atom. The normalized spacial score (nSPS) is 22.8. The number of hydrogen-bond donors (Lipinski definition) is 1. The summed E-state index contributed by atoms with van der Waals surface area (Å²) in [6.07, 6.45) is 6.89. The van der Waals surface area contributed by atoms with Gasteiger partial charge in [-0.15, -0.1) is 11.8 Å². The predicted octanol–water partition coefficient (Wildman–Crippen LogP) is 3.50. The van der Waals surface area contributed by atoms with E-state index >= 15 is 0 Å². The van der Waals surface area contributed by atoms with Gasteiger partial charge in [0.25, 0.3) is 0 Å². The summed E-state index contributed by atoms with van der Waals surface area (Å²) in [5, 5.41) is 2.97. The van der Waals surface area contributed by atoms with E-state index in [1.54, 1.807) is 16.7 Å². The molecule has 2 aliphatic rings. The molecule has 1 heterocycles. The van der Waals surface area contributed by atoms with E-state index in [2.05, 4.69) is 17.5 Å². The van der Waals surface area contributed by atoms with Crippen molar-refractivity contribution >= 4 is 29.3 Å². The molecule has 0 spiro atoms. The number of allylic oxidation sites excluding steroid dienone is 2. The van der Waals surface area contributed by atoms with E-state index < -0.39 is 0 Å². The van der Waals surface area contributed by atoms with E-state index in [1.807, 2.05) is 32.0 Å². The summed E-state index contributed by atoms with van der Waals surface area (Å²) in [5.41, 5.74) is 3.14. The fourth-order valence-electron chi connectivity index (χ4n) is 3.16. The lowest BCUT2D eigenvalue weighted by Crippen LogP contribution is -2.44. The van der Waals surface area contributed by atoms with E-state index in [4.69, 9.17) is 0 Å². The molecule has 0 bridgehead atoms. The van der Waals surface area contributed by atoms with Gasteiger partial charge in [-0.2, -0.15) is 0 Å². The summed E-state index contributed by atoms with van der Waals surface area (Å²) < 4.78 is 0. The Hall–Kier alpha value is -1.75. The minimum Gasteiger partial charge on any atom is -0.324 e. The van der Waals surface area contributed by atoms with E-state index in [9.17, 15) is 9.59 Å².